The molecular weight excluding hydrogens is 284 g/mol. The molecule has 2 heterocycles. The molecule has 4 aromatic rings. The van der Waals surface area contributed by atoms with Gasteiger partial charge in [-0.05, 0) is 24.3 Å². The molecule has 5 nitrogen and oxygen atoms in total. The number of nitrogens with one attached hydrogen (secondary N) is 1. The second-order valence-electron chi connectivity index (χ2n) is 4.65. The molecule has 0 aliphatic carbocycles. The Kier molecular flexibility index (Phi) is 2.82. The van der Waals surface area contributed by atoms with Crippen LogP contribution in [0.25, 0.3) is 22.1 Å². The molecular formula is C15H12N4OS. The molecule has 2 aromatic heterocycles. The zero-order valence-corrected chi connectivity index (χ0v) is 11.9. The Morgan fingerprint density at radius 3 is 2.86 bits per heavy atom. The lowest BCUT2D eigenvalue weighted by Crippen LogP contribution is -1.86. The number of para-hydroxylation sites is 3. The van der Waals surface area contributed by atoms with Crippen LogP contribution in [0.1, 0.15) is 5.89 Å². The molecule has 0 radical (unpaired) electrons. The first-order chi connectivity index (χ1) is 10.3. The first-order valence-electron chi connectivity index (χ1n) is 6.51. The molecule has 0 spiro atoms. The highest BCUT2D eigenvalue weighted by atomic mass is 32.2. The number of aromatic amines is 1. The summed E-state index contributed by atoms with van der Waals surface area (Å²) in [5.41, 5.74) is 9.94. The number of thioether (sulfide) groups is 1. The summed E-state index contributed by atoms with van der Waals surface area (Å²) in [4.78, 5) is 12.2. The monoisotopic (exact) mass is 296 g/mol. The van der Waals surface area contributed by atoms with Crippen LogP contribution in [-0.4, -0.2) is 15.0 Å². The number of rotatable bonds is 3. The van der Waals surface area contributed by atoms with Crippen LogP contribution < -0.4 is 5.73 Å². The number of anilines is 1. The summed E-state index contributed by atoms with van der Waals surface area (Å²) in [6.45, 7) is 0. The Labute approximate surface area is 124 Å². The summed E-state index contributed by atoms with van der Waals surface area (Å²) in [5, 5.41) is 0.853. The Morgan fingerprint density at radius 2 is 2.00 bits per heavy atom. The van der Waals surface area contributed by atoms with Crippen molar-refractivity contribution in [2.24, 2.45) is 0 Å². The maximum absolute atomic E-state index is 5.88. The molecule has 0 aliphatic rings. The highest BCUT2D eigenvalue weighted by Gasteiger charge is 2.10. The molecule has 2 aromatic carbocycles. The Bertz CT molecular complexity index is 895. The second kappa shape index (κ2) is 4.82. The number of nitrogen functional groups attached to an aromatic ring is 1. The van der Waals surface area contributed by atoms with Crippen LogP contribution in [0.2, 0.25) is 0 Å². The standard InChI is InChI=1S/C15H12N4OS/c16-9-4-3-7-12-14(9)19-13(20-12)8-21-15-17-10-5-1-2-6-11(10)18-15/h1-7H,8,16H2,(H,17,18). The van der Waals surface area contributed by atoms with Gasteiger partial charge < -0.3 is 15.1 Å². The lowest BCUT2D eigenvalue weighted by molar-refractivity contribution is 0.556. The van der Waals surface area contributed by atoms with E-state index in [2.05, 4.69) is 15.0 Å². The van der Waals surface area contributed by atoms with Gasteiger partial charge in [0.15, 0.2) is 10.7 Å². The number of hydrogen-bond acceptors (Lipinski definition) is 5. The van der Waals surface area contributed by atoms with Gasteiger partial charge >= 0.3 is 0 Å². The summed E-state index contributed by atoms with van der Waals surface area (Å²) >= 11 is 1.56. The number of aromatic nitrogens is 3. The number of nitrogens with zero attached hydrogens (tertiary/aromatic N) is 2. The average molecular weight is 296 g/mol. The van der Waals surface area contributed by atoms with Crippen molar-refractivity contribution in [3.05, 3.63) is 48.4 Å². The van der Waals surface area contributed by atoms with Crippen molar-refractivity contribution in [1.82, 2.24) is 15.0 Å². The second-order valence-corrected chi connectivity index (χ2v) is 5.61. The zero-order chi connectivity index (χ0) is 14.2. The van der Waals surface area contributed by atoms with Crippen LogP contribution >= 0.6 is 11.8 Å². The predicted octanol–water partition coefficient (Wildman–Crippen LogP) is 3.58. The molecule has 0 amide bonds. The zero-order valence-electron chi connectivity index (χ0n) is 11.0. The van der Waals surface area contributed by atoms with Crippen molar-refractivity contribution >= 4 is 39.6 Å². The average Bonchev–Trinajstić information content (AvgIpc) is 3.09. The minimum absolute atomic E-state index is 0.605. The number of hydrogen-bond donors (Lipinski definition) is 2. The molecule has 4 rings (SSSR count). The lowest BCUT2D eigenvalue weighted by Gasteiger charge is -1.91. The van der Waals surface area contributed by atoms with Crippen LogP contribution in [0.3, 0.4) is 0 Å². The van der Waals surface area contributed by atoms with Crippen LogP contribution in [0.15, 0.2) is 52.0 Å². The van der Waals surface area contributed by atoms with Gasteiger partial charge in [0.25, 0.3) is 0 Å². The maximum Gasteiger partial charge on any atom is 0.206 e. The molecule has 3 N–H and O–H groups in total. The fraction of sp³-hybridized carbons (Fsp3) is 0.0667. The third-order valence-electron chi connectivity index (χ3n) is 3.19. The lowest BCUT2D eigenvalue weighted by atomic mass is 10.3. The van der Waals surface area contributed by atoms with Crippen molar-refractivity contribution in [2.45, 2.75) is 10.9 Å². The molecule has 0 fully saturated rings. The van der Waals surface area contributed by atoms with Gasteiger partial charge in [-0.25, -0.2) is 9.97 Å². The van der Waals surface area contributed by atoms with E-state index in [4.69, 9.17) is 10.2 Å². The highest BCUT2D eigenvalue weighted by Crippen LogP contribution is 2.26. The van der Waals surface area contributed by atoms with Gasteiger partial charge in [0.05, 0.1) is 22.5 Å². The van der Waals surface area contributed by atoms with Crippen molar-refractivity contribution in [1.29, 1.82) is 0 Å². The normalized spacial score (nSPS) is 11.4. The molecule has 0 bridgehead atoms. The summed E-state index contributed by atoms with van der Waals surface area (Å²) < 4.78 is 5.69. The number of oxazole rings is 1. The smallest absolute Gasteiger partial charge is 0.206 e. The summed E-state index contributed by atoms with van der Waals surface area (Å²) in [6, 6.07) is 13.5. The van der Waals surface area contributed by atoms with E-state index >= 15 is 0 Å². The fourth-order valence-electron chi connectivity index (χ4n) is 2.21. The van der Waals surface area contributed by atoms with E-state index in [0.29, 0.717) is 17.3 Å². The number of fused-ring (bicyclic) bond motifs is 2. The minimum atomic E-state index is 0.605. The van der Waals surface area contributed by atoms with Crippen molar-refractivity contribution < 1.29 is 4.42 Å². The van der Waals surface area contributed by atoms with E-state index in [0.717, 1.165) is 27.3 Å². The van der Waals surface area contributed by atoms with Gasteiger partial charge in [-0.3, -0.25) is 0 Å². The summed E-state index contributed by atoms with van der Waals surface area (Å²) in [7, 11) is 0. The Morgan fingerprint density at radius 1 is 1.10 bits per heavy atom. The van der Waals surface area contributed by atoms with E-state index in [1.165, 1.54) is 0 Å². The molecule has 0 unspecified atom stereocenters. The molecule has 0 atom stereocenters. The number of benzene rings is 2. The van der Waals surface area contributed by atoms with Gasteiger partial charge in [-0.15, -0.1) is 0 Å². The van der Waals surface area contributed by atoms with E-state index in [9.17, 15) is 0 Å². The van der Waals surface area contributed by atoms with E-state index in [-0.39, 0.29) is 0 Å². The minimum Gasteiger partial charge on any atom is -0.440 e. The van der Waals surface area contributed by atoms with Gasteiger partial charge in [0.2, 0.25) is 5.89 Å². The van der Waals surface area contributed by atoms with Crippen LogP contribution in [0.4, 0.5) is 5.69 Å². The quantitative estimate of drug-likeness (QED) is 0.446. The van der Waals surface area contributed by atoms with Gasteiger partial charge in [0.1, 0.15) is 5.52 Å². The molecule has 0 aliphatic heterocycles. The number of nitrogens with two attached hydrogens (primary N) is 1. The third-order valence-corrected chi connectivity index (χ3v) is 4.05. The SMILES string of the molecule is Nc1cccc2oc(CSc3nc4ccccc4[nH]3)nc12. The first kappa shape index (κ1) is 12.3. The molecule has 0 saturated carbocycles. The maximum atomic E-state index is 5.88. The number of H-pyrrole nitrogens is 1. The highest BCUT2D eigenvalue weighted by molar-refractivity contribution is 7.98. The molecule has 6 heteroatoms. The Balaban J connectivity index is 1.58. The van der Waals surface area contributed by atoms with Crippen molar-refractivity contribution in [2.75, 3.05) is 5.73 Å². The van der Waals surface area contributed by atoms with Crippen molar-refractivity contribution in [3.63, 3.8) is 0 Å². The third kappa shape index (κ3) is 2.23. The van der Waals surface area contributed by atoms with E-state index in [1.54, 1.807) is 11.8 Å². The van der Waals surface area contributed by atoms with Gasteiger partial charge in [-0.1, -0.05) is 30.0 Å². The summed E-state index contributed by atoms with van der Waals surface area (Å²) in [6.07, 6.45) is 0. The summed E-state index contributed by atoms with van der Waals surface area (Å²) in [5.74, 6) is 1.25. The number of imidazole rings is 1. The van der Waals surface area contributed by atoms with Crippen molar-refractivity contribution in [3.8, 4) is 0 Å². The Hall–Kier alpha value is -2.47. The molecule has 0 saturated heterocycles. The first-order valence-corrected chi connectivity index (χ1v) is 7.49. The van der Waals surface area contributed by atoms with E-state index in [1.807, 2.05) is 42.5 Å². The van der Waals surface area contributed by atoms with Gasteiger partial charge in [0, 0.05) is 0 Å². The fourth-order valence-corrected chi connectivity index (χ4v) is 2.93. The van der Waals surface area contributed by atoms with Crippen LogP contribution in [-0.2, 0) is 5.75 Å². The molecule has 21 heavy (non-hydrogen) atoms. The van der Waals surface area contributed by atoms with Crippen LogP contribution in [0.5, 0.6) is 0 Å². The predicted molar refractivity (Wildman–Crippen MR) is 84.1 cm³/mol. The van der Waals surface area contributed by atoms with E-state index < -0.39 is 0 Å². The largest absolute Gasteiger partial charge is 0.440 e. The molecule has 104 valence electrons. The topological polar surface area (TPSA) is 80.7 Å². The van der Waals surface area contributed by atoms with Crippen LogP contribution in [0, 0.1) is 0 Å². The van der Waals surface area contributed by atoms with Gasteiger partial charge in [-0.2, -0.15) is 0 Å².